The van der Waals surface area contributed by atoms with Gasteiger partial charge in [0, 0.05) is 10.8 Å². The van der Waals surface area contributed by atoms with Gasteiger partial charge in [-0.1, -0.05) is 45.3 Å². The predicted molar refractivity (Wildman–Crippen MR) is 96.7 cm³/mol. The van der Waals surface area contributed by atoms with Crippen LogP contribution in [0.15, 0.2) is 24.0 Å². The number of fused-ring (bicyclic) bond motifs is 1. The highest BCUT2D eigenvalue weighted by molar-refractivity contribution is 5.97. The van der Waals surface area contributed by atoms with Crippen LogP contribution in [0.1, 0.15) is 77.1 Å². The van der Waals surface area contributed by atoms with E-state index in [4.69, 9.17) is 0 Å². The smallest absolute Gasteiger partial charge is 0.116 e. The molecular formula is C21H26N2. The molecule has 1 aromatic heterocycles. The summed E-state index contributed by atoms with van der Waals surface area (Å²) in [4.78, 5) is 9.29. The normalized spacial score (nSPS) is 19.9. The second kappa shape index (κ2) is 4.66. The molecule has 0 saturated heterocycles. The lowest BCUT2D eigenvalue weighted by atomic mass is 9.66. The van der Waals surface area contributed by atoms with Crippen LogP contribution in [0.5, 0.6) is 0 Å². The fourth-order valence-corrected chi connectivity index (χ4v) is 4.65. The van der Waals surface area contributed by atoms with Crippen LogP contribution in [-0.2, 0) is 10.8 Å². The first-order valence-corrected chi connectivity index (χ1v) is 8.83. The van der Waals surface area contributed by atoms with Gasteiger partial charge in [-0.2, -0.15) is 0 Å². The molecule has 0 N–H and O–H groups in total. The summed E-state index contributed by atoms with van der Waals surface area (Å²) in [5, 5.41) is 1.31. The number of nitrogens with zero attached hydrogens (tertiary/aromatic N) is 2. The van der Waals surface area contributed by atoms with E-state index in [9.17, 15) is 0 Å². The summed E-state index contributed by atoms with van der Waals surface area (Å²) in [6, 6.07) is 4.75. The molecule has 0 atom stereocenters. The number of hydrogen-bond acceptors (Lipinski definition) is 2. The van der Waals surface area contributed by atoms with Crippen molar-refractivity contribution in [3.63, 3.8) is 0 Å². The summed E-state index contributed by atoms with van der Waals surface area (Å²) in [6.45, 7) is 11.5. The van der Waals surface area contributed by atoms with Crippen molar-refractivity contribution in [3.05, 3.63) is 40.9 Å². The van der Waals surface area contributed by atoms with E-state index in [0.29, 0.717) is 0 Å². The third kappa shape index (κ3) is 1.93. The maximum atomic E-state index is 4.65. The minimum atomic E-state index is 0.139. The Morgan fingerprint density at radius 3 is 2.35 bits per heavy atom. The highest BCUT2D eigenvalue weighted by Crippen LogP contribution is 2.54. The number of aromatic nitrogens is 2. The van der Waals surface area contributed by atoms with Crippen LogP contribution in [0.4, 0.5) is 0 Å². The summed E-state index contributed by atoms with van der Waals surface area (Å²) < 4.78 is 0. The fourth-order valence-electron chi connectivity index (χ4n) is 4.65. The number of benzene rings is 1. The van der Waals surface area contributed by atoms with E-state index in [-0.39, 0.29) is 10.8 Å². The van der Waals surface area contributed by atoms with Crippen molar-refractivity contribution in [3.8, 4) is 0 Å². The summed E-state index contributed by atoms with van der Waals surface area (Å²) in [5.74, 6) is 0. The first-order valence-electron chi connectivity index (χ1n) is 8.83. The molecular weight excluding hydrogens is 280 g/mol. The fraction of sp³-hybridized carbons (Fsp3) is 0.524. The lowest BCUT2D eigenvalue weighted by molar-refractivity contribution is 0.519. The molecule has 1 spiro atoms. The van der Waals surface area contributed by atoms with Crippen LogP contribution in [-0.4, -0.2) is 9.97 Å². The minimum Gasteiger partial charge on any atom is -0.236 e. The van der Waals surface area contributed by atoms with Gasteiger partial charge in [-0.25, -0.2) is 9.97 Å². The highest BCUT2D eigenvalue weighted by atomic mass is 14.8. The highest BCUT2D eigenvalue weighted by Gasteiger charge is 2.43. The summed E-state index contributed by atoms with van der Waals surface area (Å²) in [6.07, 6.45) is 6.93. The van der Waals surface area contributed by atoms with Crippen LogP contribution >= 0.6 is 0 Å². The monoisotopic (exact) mass is 306 g/mol. The molecule has 4 rings (SSSR count). The topological polar surface area (TPSA) is 25.8 Å². The van der Waals surface area contributed by atoms with Crippen LogP contribution in [0.25, 0.3) is 16.5 Å². The molecule has 1 saturated carbocycles. The number of rotatable bonds is 0. The van der Waals surface area contributed by atoms with E-state index >= 15 is 0 Å². The van der Waals surface area contributed by atoms with Crippen molar-refractivity contribution < 1.29 is 0 Å². The Balaban J connectivity index is 2.14. The SMILES string of the molecule is CC1=C(C)C2(CCCC2)c2cc(C(C)(C)C)cc3ncnc1c23. The van der Waals surface area contributed by atoms with Gasteiger partial charge in [0.15, 0.2) is 0 Å². The predicted octanol–water partition coefficient (Wildman–Crippen LogP) is 5.55. The van der Waals surface area contributed by atoms with Crippen molar-refractivity contribution >= 4 is 16.5 Å². The van der Waals surface area contributed by atoms with Crippen molar-refractivity contribution in [1.29, 1.82) is 0 Å². The van der Waals surface area contributed by atoms with E-state index in [1.54, 1.807) is 6.33 Å². The quantitative estimate of drug-likeness (QED) is 0.638. The van der Waals surface area contributed by atoms with Crippen LogP contribution in [0, 0.1) is 0 Å². The van der Waals surface area contributed by atoms with Gasteiger partial charge in [0.1, 0.15) is 6.33 Å². The van der Waals surface area contributed by atoms with Gasteiger partial charge in [-0.15, -0.1) is 0 Å². The molecule has 23 heavy (non-hydrogen) atoms. The lowest BCUT2D eigenvalue weighted by Crippen LogP contribution is -2.29. The average Bonchev–Trinajstić information content (AvgIpc) is 3.00. The molecule has 120 valence electrons. The Morgan fingerprint density at radius 1 is 1.00 bits per heavy atom. The molecule has 2 aliphatic carbocycles. The van der Waals surface area contributed by atoms with Gasteiger partial charge in [-0.3, -0.25) is 0 Å². The largest absolute Gasteiger partial charge is 0.236 e. The van der Waals surface area contributed by atoms with Gasteiger partial charge in [0.2, 0.25) is 0 Å². The van der Waals surface area contributed by atoms with E-state index < -0.39 is 0 Å². The Kier molecular flexibility index (Phi) is 3.01. The summed E-state index contributed by atoms with van der Waals surface area (Å²) >= 11 is 0. The zero-order chi connectivity index (χ0) is 16.4. The van der Waals surface area contributed by atoms with Gasteiger partial charge < -0.3 is 0 Å². The van der Waals surface area contributed by atoms with Crippen LogP contribution in [0.3, 0.4) is 0 Å². The molecule has 1 fully saturated rings. The molecule has 1 aromatic carbocycles. The Morgan fingerprint density at radius 2 is 1.70 bits per heavy atom. The molecule has 0 amide bonds. The average molecular weight is 306 g/mol. The molecule has 0 bridgehead atoms. The maximum Gasteiger partial charge on any atom is 0.116 e. The molecule has 2 nitrogen and oxygen atoms in total. The van der Waals surface area contributed by atoms with Crippen molar-refractivity contribution in [2.75, 3.05) is 0 Å². The molecule has 0 unspecified atom stereocenters. The van der Waals surface area contributed by atoms with Gasteiger partial charge in [-0.05, 0) is 54.9 Å². The third-order valence-electron chi connectivity index (χ3n) is 6.21. The maximum absolute atomic E-state index is 4.65. The van der Waals surface area contributed by atoms with E-state index in [0.717, 1.165) is 11.2 Å². The Hall–Kier alpha value is -1.70. The van der Waals surface area contributed by atoms with E-state index in [1.807, 2.05) is 0 Å². The van der Waals surface area contributed by atoms with Gasteiger partial charge in [0.25, 0.3) is 0 Å². The molecule has 0 radical (unpaired) electrons. The summed E-state index contributed by atoms with van der Waals surface area (Å²) in [7, 11) is 0. The first kappa shape index (κ1) is 14.9. The van der Waals surface area contributed by atoms with E-state index in [1.165, 1.54) is 53.3 Å². The van der Waals surface area contributed by atoms with Crippen molar-refractivity contribution in [1.82, 2.24) is 9.97 Å². The molecule has 2 aliphatic rings. The van der Waals surface area contributed by atoms with Gasteiger partial charge >= 0.3 is 0 Å². The van der Waals surface area contributed by atoms with Crippen LogP contribution in [0.2, 0.25) is 0 Å². The second-order valence-electron chi connectivity index (χ2n) is 8.43. The van der Waals surface area contributed by atoms with Crippen LogP contribution < -0.4 is 0 Å². The standard InChI is InChI=1S/C21H26N2/c1-13-14(2)21(8-6-7-9-21)16-10-15(20(3,4)5)11-17-18(16)19(13)23-12-22-17/h10-12H,6-9H2,1-5H3. The zero-order valence-electron chi connectivity index (χ0n) is 15.0. The number of allylic oxidation sites excluding steroid dienone is 2. The molecule has 2 aromatic rings. The van der Waals surface area contributed by atoms with E-state index in [2.05, 4.69) is 56.7 Å². The molecule has 2 heteroatoms. The number of hydrogen-bond donors (Lipinski definition) is 0. The third-order valence-corrected chi connectivity index (χ3v) is 6.21. The summed E-state index contributed by atoms with van der Waals surface area (Å²) in [5.41, 5.74) is 8.43. The zero-order valence-corrected chi connectivity index (χ0v) is 15.0. The lowest BCUT2D eigenvalue weighted by Gasteiger charge is -2.38. The Labute approximate surface area is 139 Å². The van der Waals surface area contributed by atoms with Gasteiger partial charge in [0.05, 0.1) is 11.2 Å². The molecule has 1 heterocycles. The first-order chi connectivity index (χ1) is 10.8. The minimum absolute atomic E-state index is 0.139. The van der Waals surface area contributed by atoms with Crippen molar-refractivity contribution in [2.45, 2.75) is 71.1 Å². The second-order valence-corrected chi connectivity index (χ2v) is 8.43. The molecule has 0 aliphatic heterocycles. The Bertz CT molecular complexity index is 831. The van der Waals surface area contributed by atoms with Crippen molar-refractivity contribution in [2.24, 2.45) is 0 Å².